The second-order valence-electron chi connectivity index (χ2n) is 5.70. The van der Waals surface area contributed by atoms with Crippen LogP contribution >= 0.6 is 11.8 Å². The van der Waals surface area contributed by atoms with Crippen LogP contribution in [-0.2, 0) is 0 Å². The van der Waals surface area contributed by atoms with Crippen LogP contribution in [0.1, 0.15) is 41.5 Å². The van der Waals surface area contributed by atoms with Crippen LogP contribution in [0.3, 0.4) is 0 Å². The maximum atomic E-state index is 9.39. The van der Waals surface area contributed by atoms with E-state index in [2.05, 4.69) is 41.5 Å². The van der Waals surface area contributed by atoms with E-state index in [9.17, 15) is 5.11 Å². The van der Waals surface area contributed by atoms with Gasteiger partial charge in [0.25, 0.3) is 0 Å². The molecule has 3 unspecified atom stereocenters. The lowest BCUT2D eigenvalue weighted by Gasteiger charge is -2.34. The van der Waals surface area contributed by atoms with Crippen LogP contribution in [-0.4, -0.2) is 28.3 Å². The fourth-order valence-electron chi connectivity index (χ4n) is 1.23. The van der Waals surface area contributed by atoms with E-state index in [-0.39, 0.29) is 23.3 Å². The molecule has 3 heteroatoms. The summed E-state index contributed by atoms with van der Waals surface area (Å²) in [5.41, 5.74) is 6.23. The maximum Gasteiger partial charge on any atom is 0.0565 e. The third kappa shape index (κ3) is 5.23. The van der Waals surface area contributed by atoms with Crippen LogP contribution in [0.2, 0.25) is 0 Å². The average molecular weight is 233 g/mol. The van der Waals surface area contributed by atoms with Gasteiger partial charge in [-0.1, -0.05) is 41.5 Å². The van der Waals surface area contributed by atoms with Gasteiger partial charge in [-0.05, 0) is 11.3 Å². The first-order valence-electron chi connectivity index (χ1n) is 5.72. The molecule has 0 aromatic carbocycles. The molecule has 0 heterocycles. The van der Waals surface area contributed by atoms with Crippen LogP contribution in [0.5, 0.6) is 0 Å². The monoisotopic (exact) mass is 233 g/mol. The summed E-state index contributed by atoms with van der Waals surface area (Å²) >= 11 is 1.81. The van der Waals surface area contributed by atoms with Gasteiger partial charge in [0.05, 0.1) is 6.61 Å². The van der Waals surface area contributed by atoms with Crippen LogP contribution < -0.4 is 5.73 Å². The van der Waals surface area contributed by atoms with Crippen molar-refractivity contribution in [3.05, 3.63) is 0 Å². The topological polar surface area (TPSA) is 46.2 Å². The highest BCUT2D eigenvalue weighted by Crippen LogP contribution is 2.31. The van der Waals surface area contributed by atoms with Crippen LogP contribution in [0.25, 0.3) is 0 Å². The minimum Gasteiger partial charge on any atom is -0.395 e. The maximum absolute atomic E-state index is 9.39. The van der Waals surface area contributed by atoms with Gasteiger partial charge in [0, 0.05) is 16.5 Å². The Morgan fingerprint density at radius 1 is 1.20 bits per heavy atom. The van der Waals surface area contributed by atoms with Crippen molar-refractivity contribution in [3.8, 4) is 0 Å². The van der Waals surface area contributed by atoms with E-state index in [0.29, 0.717) is 11.2 Å². The minimum absolute atomic E-state index is 0.0358. The second-order valence-corrected chi connectivity index (χ2v) is 7.32. The third-order valence-electron chi connectivity index (χ3n) is 2.91. The molecular weight excluding hydrogens is 206 g/mol. The standard InChI is InChI=1S/C12H27NOS/c1-8(2)9(3)15-10(7-14)11(13)12(4,5)6/h8-11,14H,7,13H2,1-6H3. The van der Waals surface area contributed by atoms with Gasteiger partial charge in [-0.25, -0.2) is 0 Å². The average Bonchev–Trinajstić information content (AvgIpc) is 2.10. The molecule has 2 nitrogen and oxygen atoms in total. The highest BCUT2D eigenvalue weighted by molar-refractivity contribution is 8.00. The summed E-state index contributed by atoms with van der Waals surface area (Å²) in [7, 11) is 0. The lowest BCUT2D eigenvalue weighted by molar-refractivity contribution is 0.232. The predicted octanol–water partition coefficient (Wildman–Crippen LogP) is 2.50. The van der Waals surface area contributed by atoms with Crippen LogP contribution in [0.15, 0.2) is 0 Å². The molecule has 0 aliphatic carbocycles. The van der Waals surface area contributed by atoms with Crippen molar-refractivity contribution in [2.24, 2.45) is 17.1 Å². The molecule has 0 rings (SSSR count). The zero-order chi connectivity index (χ0) is 12.2. The molecule has 15 heavy (non-hydrogen) atoms. The molecule has 0 aliphatic rings. The Hall–Kier alpha value is 0.270. The lowest BCUT2D eigenvalue weighted by atomic mass is 9.85. The first kappa shape index (κ1) is 15.3. The normalized spacial score (nSPS) is 19.0. The van der Waals surface area contributed by atoms with E-state index in [4.69, 9.17) is 5.73 Å². The molecule has 0 aromatic heterocycles. The summed E-state index contributed by atoms with van der Waals surface area (Å²) in [4.78, 5) is 0. The summed E-state index contributed by atoms with van der Waals surface area (Å²) in [5, 5.41) is 10.1. The van der Waals surface area contributed by atoms with Crippen molar-refractivity contribution < 1.29 is 5.11 Å². The van der Waals surface area contributed by atoms with Crippen molar-refractivity contribution in [2.75, 3.05) is 6.61 Å². The molecule has 0 radical (unpaired) electrons. The van der Waals surface area contributed by atoms with Gasteiger partial charge in [0.2, 0.25) is 0 Å². The zero-order valence-corrected chi connectivity index (χ0v) is 11.8. The van der Waals surface area contributed by atoms with E-state index in [1.807, 2.05) is 11.8 Å². The molecule has 3 atom stereocenters. The molecular formula is C12H27NOS. The highest BCUT2D eigenvalue weighted by atomic mass is 32.2. The molecule has 0 fully saturated rings. The zero-order valence-electron chi connectivity index (χ0n) is 10.9. The minimum atomic E-state index is 0.0358. The van der Waals surface area contributed by atoms with Crippen LogP contribution in [0, 0.1) is 11.3 Å². The molecule has 0 bridgehead atoms. The molecule has 0 saturated carbocycles. The van der Waals surface area contributed by atoms with Crippen molar-refractivity contribution in [3.63, 3.8) is 0 Å². The molecule has 92 valence electrons. The Balaban J connectivity index is 4.37. The van der Waals surface area contributed by atoms with E-state index in [0.717, 1.165) is 0 Å². The quantitative estimate of drug-likeness (QED) is 0.767. The number of aliphatic hydroxyl groups is 1. The Labute approximate surface area is 99.0 Å². The fourth-order valence-corrected chi connectivity index (χ4v) is 2.76. The molecule has 0 aromatic rings. The Morgan fingerprint density at radius 2 is 1.67 bits per heavy atom. The predicted molar refractivity (Wildman–Crippen MR) is 70.2 cm³/mol. The van der Waals surface area contributed by atoms with E-state index in [1.165, 1.54) is 0 Å². The largest absolute Gasteiger partial charge is 0.395 e. The van der Waals surface area contributed by atoms with Crippen molar-refractivity contribution in [2.45, 2.75) is 58.1 Å². The summed E-state index contributed by atoms with van der Waals surface area (Å²) in [6.07, 6.45) is 0. The fraction of sp³-hybridized carbons (Fsp3) is 1.00. The molecule has 0 amide bonds. The van der Waals surface area contributed by atoms with Gasteiger partial charge in [-0.15, -0.1) is 0 Å². The van der Waals surface area contributed by atoms with E-state index < -0.39 is 0 Å². The number of aliphatic hydroxyl groups excluding tert-OH is 1. The number of hydrogen-bond acceptors (Lipinski definition) is 3. The lowest BCUT2D eigenvalue weighted by Crippen LogP contribution is -2.46. The van der Waals surface area contributed by atoms with Gasteiger partial charge >= 0.3 is 0 Å². The number of hydrogen-bond donors (Lipinski definition) is 2. The third-order valence-corrected chi connectivity index (χ3v) is 4.67. The molecule has 0 aliphatic heterocycles. The highest BCUT2D eigenvalue weighted by Gasteiger charge is 2.30. The number of thioether (sulfide) groups is 1. The van der Waals surface area contributed by atoms with Crippen molar-refractivity contribution in [1.82, 2.24) is 0 Å². The summed E-state index contributed by atoms with van der Waals surface area (Å²) in [6.45, 7) is 13.2. The first-order chi connectivity index (χ1) is 6.70. The molecule has 0 saturated heterocycles. The summed E-state index contributed by atoms with van der Waals surface area (Å²) in [5.74, 6) is 0.621. The summed E-state index contributed by atoms with van der Waals surface area (Å²) in [6, 6.07) is 0.0358. The van der Waals surface area contributed by atoms with Gasteiger partial charge in [0.1, 0.15) is 0 Å². The second kappa shape index (κ2) is 6.12. The van der Waals surface area contributed by atoms with Gasteiger partial charge in [-0.2, -0.15) is 11.8 Å². The summed E-state index contributed by atoms with van der Waals surface area (Å²) < 4.78 is 0. The van der Waals surface area contributed by atoms with Gasteiger partial charge < -0.3 is 10.8 Å². The van der Waals surface area contributed by atoms with Crippen LogP contribution in [0.4, 0.5) is 0 Å². The molecule has 0 spiro atoms. The Bertz CT molecular complexity index is 177. The first-order valence-corrected chi connectivity index (χ1v) is 6.66. The molecule has 3 N–H and O–H groups in total. The van der Waals surface area contributed by atoms with Crippen molar-refractivity contribution in [1.29, 1.82) is 0 Å². The van der Waals surface area contributed by atoms with Gasteiger partial charge in [0.15, 0.2) is 0 Å². The van der Waals surface area contributed by atoms with E-state index in [1.54, 1.807) is 0 Å². The Morgan fingerprint density at radius 3 is 1.93 bits per heavy atom. The number of nitrogens with two attached hydrogens (primary N) is 1. The van der Waals surface area contributed by atoms with Crippen molar-refractivity contribution >= 4 is 11.8 Å². The Kier molecular flexibility index (Phi) is 6.23. The number of rotatable bonds is 5. The van der Waals surface area contributed by atoms with Gasteiger partial charge in [-0.3, -0.25) is 0 Å². The van der Waals surface area contributed by atoms with E-state index >= 15 is 0 Å². The SMILES string of the molecule is CC(C)C(C)SC(CO)C(N)C(C)(C)C. The smallest absolute Gasteiger partial charge is 0.0565 e.